The number of rotatable bonds is 7. The first-order valence-electron chi connectivity index (χ1n) is 6.51. The summed E-state index contributed by atoms with van der Waals surface area (Å²) in [4.78, 5) is 11.6. The Morgan fingerprint density at radius 2 is 2.33 bits per heavy atom. The minimum Gasteiger partial charge on any atom is -0.493 e. The van der Waals surface area contributed by atoms with E-state index < -0.39 is 0 Å². The van der Waals surface area contributed by atoms with E-state index in [0.29, 0.717) is 24.6 Å². The van der Waals surface area contributed by atoms with Crippen molar-refractivity contribution in [3.63, 3.8) is 0 Å². The lowest BCUT2D eigenvalue weighted by Gasteiger charge is -2.09. The van der Waals surface area contributed by atoms with Crippen LogP contribution in [0.2, 0.25) is 5.02 Å². The van der Waals surface area contributed by atoms with Gasteiger partial charge in [0, 0.05) is 11.6 Å². The largest absolute Gasteiger partial charge is 0.493 e. The van der Waals surface area contributed by atoms with Crippen molar-refractivity contribution in [1.82, 2.24) is 25.5 Å². The summed E-state index contributed by atoms with van der Waals surface area (Å²) >= 11 is 5.87. The Balaban J connectivity index is 1.62. The van der Waals surface area contributed by atoms with Gasteiger partial charge in [-0.15, -0.1) is 5.10 Å². The number of benzene rings is 1. The van der Waals surface area contributed by atoms with E-state index in [1.807, 2.05) is 19.1 Å². The summed E-state index contributed by atoms with van der Waals surface area (Å²) in [5.41, 5.74) is 0.991. The summed E-state index contributed by atoms with van der Waals surface area (Å²) in [5, 5.41) is 14.0. The predicted molar refractivity (Wildman–Crippen MR) is 77.1 cm³/mol. The quantitative estimate of drug-likeness (QED) is 0.778. The summed E-state index contributed by atoms with van der Waals surface area (Å²) in [7, 11) is 0. The van der Waals surface area contributed by atoms with Crippen molar-refractivity contribution in [2.24, 2.45) is 0 Å². The number of ether oxygens (including phenoxy) is 1. The Morgan fingerprint density at radius 1 is 1.48 bits per heavy atom. The van der Waals surface area contributed by atoms with Crippen LogP contribution in [0.1, 0.15) is 12.0 Å². The Kier molecular flexibility index (Phi) is 5.51. The van der Waals surface area contributed by atoms with Crippen LogP contribution in [0.15, 0.2) is 24.5 Å². The molecule has 2 aromatic rings. The zero-order valence-corrected chi connectivity index (χ0v) is 12.4. The minimum atomic E-state index is -0.134. The van der Waals surface area contributed by atoms with Crippen LogP contribution >= 0.6 is 11.6 Å². The molecule has 8 heteroatoms. The summed E-state index contributed by atoms with van der Waals surface area (Å²) in [6.45, 7) is 3.11. The van der Waals surface area contributed by atoms with E-state index in [2.05, 4.69) is 20.8 Å². The molecule has 0 fully saturated rings. The Hall–Kier alpha value is -2.15. The summed E-state index contributed by atoms with van der Waals surface area (Å²) in [5.74, 6) is 0.671. The molecule has 1 heterocycles. The number of hydrogen-bond acceptors (Lipinski definition) is 5. The molecule has 1 N–H and O–H groups in total. The highest BCUT2D eigenvalue weighted by Crippen LogP contribution is 2.21. The number of hydrogen-bond donors (Lipinski definition) is 1. The third-order valence-corrected chi connectivity index (χ3v) is 2.97. The lowest BCUT2D eigenvalue weighted by atomic mass is 10.2. The maximum Gasteiger partial charge on any atom is 0.241 e. The second kappa shape index (κ2) is 7.58. The topological polar surface area (TPSA) is 81.9 Å². The number of aromatic nitrogens is 4. The van der Waals surface area contributed by atoms with Gasteiger partial charge in [-0.1, -0.05) is 11.6 Å². The maximum absolute atomic E-state index is 11.6. The van der Waals surface area contributed by atoms with E-state index in [-0.39, 0.29) is 12.5 Å². The van der Waals surface area contributed by atoms with Crippen LogP contribution in [-0.4, -0.2) is 39.3 Å². The van der Waals surface area contributed by atoms with Crippen LogP contribution in [-0.2, 0) is 11.3 Å². The molecule has 0 saturated carbocycles. The highest BCUT2D eigenvalue weighted by Gasteiger charge is 2.03. The van der Waals surface area contributed by atoms with Gasteiger partial charge in [0.05, 0.1) is 6.61 Å². The molecular formula is C13H16ClN5O2. The molecule has 1 amide bonds. The number of tetrazole rings is 1. The monoisotopic (exact) mass is 309 g/mol. The zero-order valence-electron chi connectivity index (χ0n) is 11.6. The molecule has 0 radical (unpaired) electrons. The van der Waals surface area contributed by atoms with Gasteiger partial charge in [0.25, 0.3) is 0 Å². The van der Waals surface area contributed by atoms with Crippen molar-refractivity contribution >= 4 is 17.5 Å². The van der Waals surface area contributed by atoms with Crippen molar-refractivity contribution in [2.45, 2.75) is 19.9 Å². The molecule has 0 unspecified atom stereocenters. The fourth-order valence-corrected chi connectivity index (χ4v) is 1.94. The molecule has 0 atom stereocenters. The first-order valence-corrected chi connectivity index (χ1v) is 6.89. The molecule has 21 heavy (non-hydrogen) atoms. The van der Waals surface area contributed by atoms with Crippen LogP contribution in [0.4, 0.5) is 0 Å². The van der Waals surface area contributed by atoms with E-state index in [0.717, 1.165) is 11.3 Å². The third-order valence-electron chi connectivity index (χ3n) is 2.73. The number of carbonyl (C=O) groups excluding carboxylic acids is 1. The van der Waals surface area contributed by atoms with Crippen LogP contribution in [0, 0.1) is 6.92 Å². The van der Waals surface area contributed by atoms with Gasteiger partial charge >= 0.3 is 0 Å². The average Bonchev–Trinajstić information content (AvgIpc) is 2.93. The van der Waals surface area contributed by atoms with Gasteiger partial charge in [-0.05, 0) is 47.5 Å². The fraction of sp³-hybridized carbons (Fsp3) is 0.385. The molecule has 1 aromatic heterocycles. The van der Waals surface area contributed by atoms with Crippen molar-refractivity contribution in [3.8, 4) is 5.75 Å². The van der Waals surface area contributed by atoms with Crippen LogP contribution in [0.25, 0.3) is 0 Å². The lowest BCUT2D eigenvalue weighted by molar-refractivity contribution is -0.121. The molecule has 7 nitrogen and oxygen atoms in total. The summed E-state index contributed by atoms with van der Waals surface area (Å²) in [6, 6.07) is 5.48. The second-order valence-corrected chi connectivity index (χ2v) is 4.91. The van der Waals surface area contributed by atoms with Crippen LogP contribution in [0.5, 0.6) is 5.75 Å². The molecule has 0 saturated heterocycles. The van der Waals surface area contributed by atoms with Crippen molar-refractivity contribution in [2.75, 3.05) is 13.2 Å². The molecule has 0 aliphatic carbocycles. The molecule has 0 aliphatic rings. The number of nitrogens with zero attached hydrogens (tertiary/aromatic N) is 4. The zero-order chi connectivity index (χ0) is 15.1. The van der Waals surface area contributed by atoms with Crippen molar-refractivity contribution in [3.05, 3.63) is 35.1 Å². The van der Waals surface area contributed by atoms with E-state index in [1.165, 1.54) is 11.0 Å². The molecule has 112 valence electrons. The van der Waals surface area contributed by atoms with Crippen molar-refractivity contribution < 1.29 is 9.53 Å². The Morgan fingerprint density at radius 3 is 3.05 bits per heavy atom. The molecule has 1 aromatic carbocycles. The number of nitrogens with one attached hydrogen (secondary N) is 1. The Bertz CT molecular complexity index is 588. The molecule has 0 spiro atoms. The van der Waals surface area contributed by atoms with Crippen LogP contribution < -0.4 is 10.1 Å². The Labute approximate surface area is 127 Å². The number of carbonyl (C=O) groups is 1. The number of halogens is 1. The van der Waals surface area contributed by atoms with Gasteiger partial charge < -0.3 is 10.1 Å². The van der Waals surface area contributed by atoms with E-state index in [4.69, 9.17) is 16.3 Å². The SMILES string of the molecule is Cc1cc(Cl)ccc1OCCCNC(=O)Cn1cnnn1. The van der Waals surface area contributed by atoms with Crippen molar-refractivity contribution in [1.29, 1.82) is 0 Å². The first-order chi connectivity index (χ1) is 10.1. The predicted octanol–water partition coefficient (Wildman–Crippen LogP) is 1.22. The minimum absolute atomic E-state index is 0.115. The third kappa shape index (κ3) is 5.03. The van der Waals surface area contributed by atoms with Gasteiger partial charge in [-0.3, -0.25) is 4.79 Å². The fourth-order valence-electron chi connectivity index (χ4n) is 1.71. The van der Waals surface area contributed by atoms with Gasteiger partial charge in [0.1, 0.15) is 18.6 Å². The van der Waals surface area contributed by atoms with Gasteiger partial charge in [-0.2, -0.15) is 0 Å². The van der Waals surface area contributed by atoms with E-state index in [9.17, 15) is 4.79 Å². The van der Waals surface area contributed by atoms with Gasteiger partial charge in [0.15, 0.2) is 0 Å². The lowest BCUT2D eigenvalue weighted by Crippen LogP contribution is -2.29. The smallest absolute Gasteiger partial charge is 0.241 e. The molecule has 0 bridgehead atoms. The molecule has 0 aliphatic heterocycles. The number of amides is 1. The number of aryl methyl sites for hydroxylation is 1. The molecule has 2 rings (SSSR count). The summed E-state index contributed by atoms with van der Waals surface area (Å²) < 4.78 is 7.00. The normalized spacial score (nSPS) is 10.4. The van der Waals surface area contributed by atoms with E-state index >= 15 is 0 Å². The van der Waals surface area contributed by atoms with Gasteiger partial charge in [-0.25, -0.2) is 4.68 Å². The van der Waals surface area contributed by atoms with Gasteiger partial charge in [0.2, 0.25) is 5.91 Å². The van der Waals surface area contributed by atoms with E-state index in [1.54, 1.807) is 6.07 Å². The highest BCUT2D eigenvalue weighted by atomic mass is 35.5. The average molecular weight is 310 g/mol. The molecular weight excluding hydrogens is 294 g/mol. The summed E-state index contributed by atoms with van der Waals surface area (Å²) in [6.07, 6.45) is 2.11. The first kappa shape index (κ1) is 15.2. The highest BCUT2D eigenvalue weighted by molar-refractivity contribution is 6.30. The maximum atomic E-state index is 11.6. The van der Waals surface area contributed by atoms with Crippen LogP contribution in [0.3, 0.4) is 0 Å². The second-order valence-electron chi connectivity index (χ2n) is 4.47. The standard InChI is InChI=1S/C13H16ClN5O2/c1-10-7-11(14)3-4-12(10)21-6-2-5-15-13(20)8-19-9-16-17-18-19/h3-4,7,9H,2,5-6,8H2,1H3,(H,15,20).